The third-order valence-corrected chi connectivity index (χ3v) is 3.01. The number of nitrogens with zero attached hydrogens (tertiary/aromatic N) is 2. The molecular formula is C12H11F2N3. The lowest BCUT2D eigenvalue weighted by Gasteiger charge is -2.05. The molecule has 0 radical (unpaired) electrons. The highest BCUT2D eigenvalue weighted by Gasteiger charge is 2.29. The second-order valence-corrected chi connectivity index (χ2v) is 4.36. The van der Waals surface area contributed by atoms with Gasteiger partial charge in [-0.05, 0) is 19.8 Å². The normalized spacial score (nSPS) is 15.2. The number of aromatic amines is 1. The predicted octanol–water partition coefficient (Wildman–Crippen LogP) is 2.94. The van der Waals surface area contributed by atoms with E-state index in [1.54, 1.807) is 6.20 Å². The summed E-state index contributed by atoms with van der Waals surface area (Å²) in [4.78, 5) is 3.98. The minimum absolute atomic E-state index is 0.180. The molecule has 3 nitrogen and oxygen atoms in total. The molecule has 0 saturated heterocycles. The Labute approximate surface area is 96.9 Å². The molecule has 0 aliphatic heterocycles. The van der Waals surface area contributed by atoms with Crippen LogP contribution in [-0.4, -0.2) is 15.2 Å². The molecule has 5 heteroatoms. The number of halogens is 2. The number of rotatable bonds is 2. The lowest BCUT2D eigenvalue weighted by atomic mass is 10.1. The van der Waals surface area contributed by atoms with Crippen molar-refractivity contribution in [3.05, 3.63) is 35.3 Å². The van der Waals surface area contributed by atoms with E-state index in [4.69, 9.17) is 0 Å². The van der Waals surface area contributed by atoms with Crippen LogP contribution in [0.4, 0.5) is 8.78 Å². The van der Waals surface area contributed by atoms with Crippen LogP contribution in [0.5, 0.6) is 0 Å². The minimum Gasteiger partial charge on any atom is -0.282 e. The zero-order valence-corrected chi connectivity index (χ0v) is 9.30. The van der Waals surface area contributed by atoms with E-state index in [1.807, 2.05) is 0 Å². The fourth-order valence-corrected chi connectivity index (χ4v) is 1.92. The van der Waals surface area contributed by atoms with Gasteiger partial charge in [0.1, 0.15) is 11.5 Å². The van der Waals surface area contributed by atoms with E-state index < -0.39 is 11.6 Å². The van der Waals surface area contributed by atoms with Crippen molar-refractivity contribution in [2.45, 2.75) is 25.7 Å². The van der Waals surface area contributed by atoms with Gasteiger partial charge in [0.05, 0.1) is 11.9 Å². The highest BCUT2D eigenvalue weighted by molar-refractivity contribution is 5.63. The van der Waals surface area contributed by atoms with E-state index in [9.17, 15) is 8.78 Å². The Morgan fingerprint density at radius 2 is 2.06 bits per heavy atom. The molecule has 17 heavy (non-hydrogen) atoms. The summed E-state index contributed by atoms with van der Waals surface area (Å²) in [5.41, 5.74) is 1.93. The minimum atomic E-state index is -0.642. The van der Waals surface area contributed by atoms with E-state index in [1.165, 1.54) is 6.92 Å². The number of H-pyrrole nitrogens is 1. The summed E-state index contributed by atoms with van der Waals surface area (Å²) in [6.07, 6.45) is 3.71. The summed E-state index contributed by atoms with van der Waals surface area (Å²) < 4.78 is 26.9. The van der Waals surface area contributed by atoms with Gasteiger partial charge in [0, 0.05) is 23.2 Å². The Morgan fingerprint density at radius 3 is 2.76 bits per heavy atom. The molecule has 2 aromatic heterocycles. The first-order chi connectivity index (χ1) is 8.16. The van der Waals surface area contributed by atoms with Crippen LogP contribution in [0.3, 0.4) is 0 Å². The molecule has 1 saturated carbocycles. The molecule has 1 N–H and O–H groups in total. The van der Waals surface area contributed by atoms with Gasteiger partial charge in [-0.25, -0.2) is 13.8 Å². The Kier molecular flexibility index (Phi) is 2.21. The quantitative estimate of drug-likeness (QED) is 0.869. The van der Waals surface area contributed by atoms with Gasteiger partial charge in [-0.15, -0.1) is 0 Å². The van der Waals surface area contributed by atoms with Gasteiger partial charge in [0.25, 0.3) is 0 Å². The summed E-state index contributed by atoms with van der Waals surface area (Å²) >= 11 is 0. The van der Waals surface area contributed by atoms with Crippen molar-refractivity contribution < 1.29 is 8.78 Å². The van der Waals surface area contributed by atoms with Crippen LogP contribution in [0.15, 0.2) is 12.3 Å². The molecule has 1 fully saturated rings. The van der Waals surface area contributed by atoms with E-state index in [2.05, 4.69) is 15.2 Å². The zero-order chi connectivity index (χ0) is 12.0. The van der Waals surface area contributed by atoms with Gasteiger partial charge in [-0.1, -0.05) is 0 Å². The molecule has 0 aromatic carbocycles. The van der Waals surface area contributed by atoms with Crippen molar-refractivity contribution in [1.82, 2.24) is 15.2 Å². The van der Waals surface area contributed by atoms with Gasteiger partial charge < -0.3 is 0 Å². The average molecular weight is 235 g/mol. The molecule has 2 heterocycles. The third kappa shape index (κ3) is 1.71. The van der Waals surface area contributed by atoms with Crippen molar-refractivity contribution >= 4 is 0 Å². The van der Waals surface area contributed by atoms with Crippen LogP contribution < -0.4 is 0 Å². The van der Waals surface area contributed by atoms with Gasteiger partial charge in [0.15, 0.2) is 5.82 Å². The topological polar surface area (TPSA) is 41.6 Å². The molecule has 88 valence electrons. The molecule has 0 atom stereocenters. The molecule has 3 rings (SSSR count). The number of hydrogen-bond acceptors (Lipinski definition) is 2. The SMILES string of the molecule is Cc1nc(-c2cn[nH]c2C2CC2)c(F)cc1F. The number of pyridine rings is 1. The summed E-state index contributed by atoms with van der Waals surface area (Å²) in [5, 5.41) is 6.80. The highest BCUT2D eigenvalue weighted by Crippen LogP contribution is 2.43. The molecular weight excluding hydrogens is 224 g/mol. The van der Waals surface area contributed by atoms with Gasteiger partial charge in [0.2, 0.25) is 0 Å². The van der Waals surface area contributed by atoms with Crippen LogP contribution >= 0.6 is 0 Å². The molecule has 2 aromatic rings. The Bertz CT molecular complexity index is 573. The fraction of sp³-hybridized carbons (Fsp3) is 0.333. The van der Waals surface area contributed by atoms with E-state index >= 15 is 0 Å². The summed E-state index contributed by atoms with van der Waals surface area (Å²) in [7, 11) is 0. The maximum absolute atomic E-state index is 13.7. The molecule has 0 amide bonds. The van der Waals surface area contributed by atoms with Crippen LogP contribution in [0.2, 0.25) is 0 Å². The smallest absolute Gasteiger partial charge is 0.152 e. The maximum atomic E-state index is 13.7. The van der Waals surface area contributed by atoms with Crippen molar-refractivity contribution in [1.29, 1.82) is 0 Å². The number of hydrogen-bond donors (Lipinski definition) is 1. The fourth-order valence-electron chi connectivity index (χ4n) is 1.92. The highest BCUT2D eigenvalue weighted by atomic mass is 19.1. The number of aryl methyl sites for hydroxylation is 1. The standard InChI is InChI=1S/C12H11F2N3/c1-6-9(13)4-10(14)12(16-6)8-5-15-17-11(8)7-2-3-7/h4-5,7H,2-3H2,1H3,(H,15,17). The molecule has 0 spiro atoms. The molecule has 0 unspecified atom stereocenters. The monoisotopic (exact) mass is 235 g/mol. The van der Waals surface area contributed by atoms with Crippen LogP contribution in [0.1, 0.15) is 30.1 Å². The molecule has 0 bridgehead atoms. The zero-order valence-electron chi connectivity index (χ0n) is 9.30. The third-order valence-electron chi connectivity index (χ3n) is 3.01. The maximum Gasteiger partial charge on any atom is 0.152 e. The summed E-state index contributed by atoms with van der Waals surface area (Å²) in [6, 6.07) is 0.876. The van der Waals surface area contributed by atoms with E-state index in [-0.39, 0.29) is 11.4 Å². The van der Waals surface area contributed by atoms with E-state index in [0.717, 1.165) is 24.6 Å². The van der Waals surface area contributed by atoms with Crippen molar-refractivity contribution in [2.24, 2.45) is 0 Å². The average Bonchev–Trinajstić information content (AvgIpc) is 3.02. The van der Waals surface area contributed by atoms with E-state index in [0.29, 0.717) is 11.5 Å². The van der Waals surface area contributed by atoms with Crippen LogP contribution in [0.25, 0.3) is 11.3 Å². The molecule has 1 aliphatic carbocycles. The second kappa shape index (κ2) is 3.61. The lowest BCUT2D eigenvalue weighted by molar-refractivity contribution is 0.568. The van der Waals surface area contributed by atoms with Crippen molar-refractivity contribution in [2.75, 3.05) is 0 Å². The van der Waals surface area contributed by atoms with Gasteiger partial charge in [-0.2, -0.15) is 5.10 Å². The Hall–Kier alpha value is -1.78. The summed E-state index contributed by atoms with van der Waals surface area (Å²) in [6.45, 7) is 1.52. The number of aromatic nitrogens is 3. The number of nitrogens with one attached hydrogen (secondary N) is 1. The predicted molar refractivity (Wildman–Crippen MR) is 58.4 cm³/mol. The second-order valence-electron chi connectivity index (χ2n) is 4.36. The van der Waals surface area contributed by atoms with Gasteiger partial charge in [-0.3, -0.25) is 5.10 Å². The first-order valence-electron chi connectivity index (χ1n) is 5.53. The van der Waals surface area contributed by atoms with Crippen LogP contribution in [-0.2, 0) is 0 Å². The first-order valence-corrected chi connectivity index (χ1v) is 5.53. The summed E-state index contributed by atoms with van der Waals surface area (Å²) in [5.74, 6) is -0.849. The molecule has 1 aliphatic rings. The lowest BCUT2D eigenvalue weighted by Crippen LogP contribution is -1.97. The Balaban J connectivity index is 2.14. The Morgan fingerprint density at radius 1 is 1.29 bits per heavy atom. The first kappa shape index (κ1) is 10.4. The largest absolute Gasteiger partial charge is 0.282 e. The van der Waals surface area contributed by atoms with Crippen molar-refractivity contribution in [3.8, 4) is 11.3 Å². The van der Waals surface area contributed by atoms with Crippen molar-refractivity contribution in [3.63, 3.8) is 0 Å². The van der Waals surface area contributed by atoms with Crippen LogP contribution in [0, 0.1) is 18.6 Å². The van der Waals surface area contributed by atoms with Gasteiger partial charge >= 0.3 is 0 Å².